The molecule has 3 N–H and O–H groups in total. The number of pyridine rings is 2. The molecule has 1 saturated carbocycles. The van der Waals surface area contributed by atoms with Gasteiger partial charge in [-0.1, -0.05) is 6.07 Å². The molecule has 14 heteroatoms. The van der Waals surface area contributed by atoms with Gasteiger partial charge in [0.05, 0.1) is 11.6 Å². The van der Waals surface area contributed by atoms with E-state index in [9.17, 15) is 26.3 Å². The van der Waals surface area contributed by atoms with Crippen LogP contribution < -0.4 is 20.7 Å². The van der Waals surface area contributed by atoms with Crippen LogP contribution in [0, 0.1) is 12.8 Å². The lowest BCUT2D eigenvalue weighted by Gasteiger charge is -2.45. The minimum Gasteiger partial charge on any atom is -0.468 e. The molecule has 2 aliphatic rings. The third-order valence-corrected chi connectivity index (χ3v) is 6.72. The van der Waals surface area contributed by atoms with Crippen molar-refractivity contribution in [2.24, 2.45) is 11.7 Å². The molecule has 1 aliphatic heterocycles. The standard InChI is InChI=1S/C22H23F6N7O/c1-12-2-3-16(36-11-21(23,24)25)35-18(12)32-19(33-35)31-17-13-4-6-20(17,29)10-34(9-13)14-5-7-30-15(8-14)22(26,27)28/h2-3,5,7-8,13,17H,4,6,9-11,29H2,1H3,(H,31,33)/t13-,17-,20-/m0/s1. The zero-order chi connectivity index (χ0) is 25.9. The Labute approximate surface area is 201 Å². The Bertz CT molecular complexity index is 1280. The number of nitrogens with one attached hydrogen (secondary N) is 1. The van der Waals surface area contributed by atoms with Gasteiger partial charge in [0.25, 0.3) is 0 Å². The van der Waals surface area contributed by atoms with Crippen molar-refractivity contribution in [3.8, 4) is 5.88 Å². The Balaban J connectivity index is 1.37. The lowest BCUT2D eigenvalue weighted by molar-refractivity contribution is -0.154. The first-order chi connectivity index (χ1) is 16.8. The number of piperidine rings is 1. The summed E-state index contributed by atoms with van der Waals surface area (Å²) < 4.78 is 83.5. The summed E-state index contributed by atoms with van der Waals surface area (Å²) in [6.45, 7) is 1.04. The molecule has 0 aromatic carbocycles. The van der Waals surface area contributed by atoms with Crippen LogP contribution in [0.3, 0.4) is 0 Å². The van der Waals surface area contributed by atoms with Gasteiger partial charge in [-0.25, -0.2) is 0 Å². The van der Waals surface area contributed by atoms with Crippen molar-refractivity contribution in [1.29, 1.82) is 0 Å². The summed E-state index contributed by atoms with van der Waals surface area (Å²) in [5, 5.41) is 7.55. The van der Waals surface area contributed by atoms with Crippen LogP contribution in [0.5, 0.6) is 5.88 Å². The number of anilines is 2. The van der Waals surface area contributed by atoms with Crippen molar-refractivity contribution >= 4 is 17.3 Å². The molecule has 0 unspecified atom stereocenters. The lowest BCUT2D eigenvalue weighted by atomic mass is 9.86. The summed E-state index contributed by atoms with van der Waals surface area (Å²) in [4.78, 5) is 9.68. The van der Waals surface area contributed by atoms with Crippen molar-refractivity contribution in [2.75, 3.05) is 29.9 Å². The average molecular weight is 515 g/mol. The summed E-state index contributed by atoms with van der Waals surface area (Å²) >= 11 is 0. The number of alkyl halides is 6. The Hall–Kier alpha value is -3.29. The first-order valence-electron chi connectivity index (χ1n) is 11.2. The van der Waals surface area contributed by atoms with Crippen LogP contribution in [0.4, 0.5) is 38.0 Å². The van der Waals surface area contributed by atoms with E-state index in [2.05, 4.69) is 20.4 Å². The molecule has 1 saturated heterocycles. The molecular weight excluding hydrogens is 492 g/mol. The van der Waals surface area contributed by atoms with E-state index in [0.29, 0.717) is 36.4 Å². The first kappa shape index (κ1) is 24.4. The van der Waals surface area contributed by atoms with E-state index in [-0.39, 0.29) is 23.8 Å². The van der Waals surface area contributed by atoms with Gasteiger partial charge in [-0.3, -0.25) is 4.98 Å². The molecule has 0 amide bonds. The summed E-state index contributed by atoms with van der Waals surface area (Å²) in [6, 6.07) is 5.25. The molecule has 8 nitrogen and oxygen atoms in total. The predicted octanol–water partition coefficient (Wildman–Crippen LogP) is 3.80. The number of hydrogen-bond donors (Lipinski definition) is 2. The Kier molecular flexibility index (Phi) is 5.69. The van der Waals surface area contributed by atoms with Crippen LogP contribution in [0.1, 0.15) is 24.1 Å². The number of ether oxygens (including phenoxy) is 1. The molecule has 2 bridgehead atoms. The zero-order valence-electron chi connectivity index (χ0n) is 19.1. The normalized spacial score (nSPS) is 24.4. The minimum atomic E-state index is -4.55. The number of aryl methyl sites for hydroxylation is 1. The number of nitrogens with two attached hydrogens (primary N) is 1. The second-order valence-electron chi connectivity index (χ2n) is 9.36. The van der Waals surface area contributed by atoms with E-state index < -0.39 is 30.2 Å². The molecule has 1 aliphatic carbocycles. The predicted molar refractivity (Wildman–Crippen MR) is 118 cm³/mol. The highest BCUT2D eigenvalue weighted by Gasteiger charge is 2.51. The van der Waals surface area contributed by atoms with Crippen LogP contribution in [0.2, 0.25) is 0 Å². The second-order valence-corrected chi connectivity index (χ2v) is 9.36. The largest absolute Gasteiger partial charge is 0.468 e. The topological polar surface area (TPSA) is 93.6 Å². The van der Waals surface area contributed by atoms with Crippen LogP contribution in [-0.4, -0.2) is 57.0 Å². The van der Waals surface area contributed by atoms with Gasteiger partial charge in [-0.05, 0) is 43.4 Å². The summed E-state index contributed by atoms with van der Waals surface area (Å²) in [7, 11) is 0. The van der Waals surface area contributed by atoms with Crippen molar-refractivity contribution in [3.63, 3.8) is 0 Å². The van der Waals surface area contributed by atoms with Gasteiger partial charge in [0, 0.05) is 31.0 Å². The Morgan fingerprint density at radius 2 is 1.97 bits per heavy atom. The number of fused-ring (bicyclic) bond motifs is 3. The Morgan fingerprint density at radius 3 is 2.67 bits per heavy atom. The molecule has 36 heavy (non-hydrogen) atoms. The summed E-state index contributed by atoms with van der Waals surface area (Å²) in [6.07, 6.45) is -6.54. The highest BCUT2D eigenvalue weighted by atomic mass is 19.4. The molecule has 194 valence electrons. The SMILES string of the molecule is Cc1ccc(OCC(F)(F)F)n2nc(N[C@H]3[C@H]4CC[C@]3(N)CN(c3ccnc(C(F)(F)F)c3)C4)nc12. The van der Waals surface area contributed by atoms with Gasteiger partial charge < -0.3 is 20.7 Å². The molecule has 2 fully saturated rings. The molecule has 0 radical (unpaired) electrons. The third-order valence-electron chi connectivity index (χ3n) is 6.72. The van der Waals surface area contributed by atoms with Gasteiger partial charge in [0.2, 0.25) is 11.8 Å². The molecule has 4 heterocycles. The van der Waals surface area contributed by atoms with Gasteiger partial charge in [-0.15, -0.1) is 5.10 Å². The average Bonchev–Trinajstić information content (AvgIpc) is 3.29. The van der Waals surface area contributed by atoms with Gasteiger partial charge in [-0.2, -0.15) is 35.8 Å². The highest BCUT2D eigenvalue weighted by Crippen LogP contribution is 2.42. The monoisotopic (exact) mass is 515 g/mol. The van der Waals surface area contributed by atoms with E-state index in [0.717, 1.165) is 18.7 Å². The summed E-state index contributed by atoms with van der Waals surface area (Å²) in [5.41, 5.74) is 6.41. The van der Waals surface area contributed by atoms with Crippen molar-refractivity contribution < 1.29 is 31.1 Å². The fourth-order valence-electron chi connectivity index (χ4n) is 5.08. The quantitative estimate of drug-likeness (QED) is 0.500. The van der Waals surface area contributed by atoms with Gasteiger partial charge in [0.1, 0.15) is 5.69 Å². The highest BCUT2D eigenvalue weighted by molar-refractivity contribution is 5.54. The van der Waals surface area contributed by atoms with E-state index in [1.165, 1.54) is 16.6 Å². The van der Waals surface area contributed by atoms with E-state index in [4.69, 9.17) is 10.5 Å². The first-order valence-corrected chi connectivity index (χ1v) is 11.2. The molecule has 3 atom stereocenters. The smallest absolute Gasteiger partial charge is 0.433 e. The molecule has 0 spiro atoms. The molecule has 3 aromatic heterocycles. The van der Waals surface area contributed by atoms with Crippen LogP contribution in [-0.2, 0) is 6.18 Å². The number of halogens is 6. The van der Waals surface area contributed by atoms with E-state index in [1.54, 1.807) is 13.0 Å². The number of nitrogens with zero attached hydrogens (tertiary/aromatic N) is 5. The third kappa shape index (κ3) is 4.61. The van der Waals surface area contributed by atoms with Crippen molar-refractivity contribution in [1.82, 2.24) is 19.6 Å². The van der Waals surface area contributed by atoms with E-state index in [1.807, 2.05) is 4.90 Å². The fraction of sp³-hybridized carbons (Fsp3) is 0.500. The number of rotatable bonds is 5. The van der Waals surface area contributed by atoms with Crippen LogP contribution in [0.25, 0.3) is 5.65 Å². The van der Waals surface area contributed by atoms with Gasteiger partial charge >= 0.3 is 12.4 Å². The minimum absolute atomic E-state index is 0.0140. The fourth-order valence-corrected chi connectivity index (χ4v) is 5.08. The Morgan fingerprint density at radius 1 is 1.19 bits per heavy atom. The van der Waals surface area contributed by atoms with Crippen LogP contribution >= 0.6 is 0 Å². The molecular formula is C22H23F6N7O. The van der Waals surface area contributed by atoms with Crippen molar-refractivity contribution in [3.05, 3.63) is 41.7 Å². The maximum Gasteiger partial charge on any atom is 0.433 e. The zero-order valence-corrected chi connectivity index (χ0v) is 19.1. The second kappa shape index (κ2) is 8.39. The maximum atomic E-state index is 13.1. The lowest BCUT2D eigenvalue weighted by Crippen LogP contribution is -2.64. The molecule has 3 aromatic rings. The van der Waals surface area contributed by atoms with Crippen LogP contribution in [0.15, 0.2) is 30.5 Å². The number of aromatic nitrogens is 4. The molecule has 5 rings (SSSR count). The maximum absolute atomic E-state index is 13.1. The van der Waals surface area contributed by atoms with E-state index >= 15 is 0 Å². The summed E-state index contributed by atoms with van der Waals surface area (Å²) in [5.74, 6) is 0.0661. The number of hydrogen-bond acceptors (Lipinski definition) is 7. The van der Waals surface area contributed by atoms with Gasteiger partial charge in [0.15, 0.2) is 12.3 Å². The van der Waals surface area contributed by atoms with Crippen molar-refractivity contribution in [2.45, 2.75) is 43.7 Å².